The van der Waals surface area contributed by atoms with Crippen molar-refractivity contribution in [3.05, 3.63) is 93.5 Å². The number of aryl methyl sites for hydroxylation is 1. The van der Waals surface area contributed by atoms with E-state index in [4.69, 9.17) is 9.47 Å². The maximum atomic E-state index is 12.0. The molecule has 3 rings (SSSR count). The standard InChI is InChI=1S/C27H28N4O6/c1-3-36-25-16-21(8-13-24(25)37-18-20-6-11-23(12-7-20)31(34)35)17-28-30-27(33)15-14-26(32)29-22-9-4-19(2)5-10-22/h4-13,16-17H,3,14-15,18H2,1-2H3,(H,29,32)(H,30,33). The van der Waals surface area contributed by atoms with E-state index in [2.05, 4.69) is 15.8 Å². The van der Waals surface area contributed by atoms with Gasteiger partial charge in [0.2, 0.25) is 11.8 Å². The first-order chi connectivity index (χ1) is 17.8. The number of nitrogens with one attached hydrogen (secondary N) is 2. The van der Waals surface area contributed by atoms with Gasteiger partial charge in [-0.1, -0.05) is 17.7 Å². The van der Waals surface area contributed by atoms with E-state index in [1.54, 1.807) is 42.5 Å². The Morgan fingerprint density at radius 3 is 2.32 bits per heavy atom. The van der Waals surface area contributed by atoms with Crippen LogP contribution < -0.4 is 20.2 Å². The van der Waals surface area contributed by atoms with E-state index in [1.807, 2.05) is 26.0 Å². The Balaban J connectivity index is 1.49. The van der Waals surface area contributed by atoms with Crippen LogP contribution in [0.2, 0.25) is 0 Å². The summed E-state index contributed by atoms with van der Waals surface area (Å²) in [6.45, 7) is 4.42. The molecular weight excluding hydrogens is 476 g/mol. The molecule has 10 nitrogen and oxygen atoms in total. The maximum Gasteiger partial charge on any atom is 0.269 e. The van der Waals surface area contributed by atoms with Crippen LogP contribution >= 0.6 is 0 Å². The summed E-state index contributed by atoms with van der Waals surface area (Å²) >= 11 is 0. The zero-order valence-electron chi connectivity index (χ0n) is 20.6. The van der Waals surface area contributed by atoms with Crippen molar-refractivity contribution >= 4 is 29.4 Å². The highest BCUT2D eigenvalue weighted by Crippen LogP contribution is 2.29. The lowest BCUT2D eigenvalue weighted by Crippen LogP contribution is -2.20. The number of carbonyl (C=O) groups is 2. The summed E-state index contributed by atoms with van der Waals surface area (Å²) in [5, 5.41) is 17.5. The molecule has 0 unspecified atom stereocenters. The molecule has 0 bridgehead atoms. The van der Waals surface area contributed by atoms with Crippen LogP contribution in [0.1, 0.15) is 36.5 Å². The monoisotopic (exact) mass is 504 g/mol. The Hall–Kier alpha value is -4.73. The molecule has 3 aromatic carbocycles. The topological polar surface area (TPSA) is 132 Å². The van der Waals surface area contributed by atoms with E-state index < -0.39 is 4.92 Å². The minimum atomic E-state index is -0.454. The van der Waals surface area contributed by atoms with Crippen LogP contribution in [0.3, 0.4) is 0 Å². The number of amides is 2. The van der Waals surface area contributed by atoms with Crippen molar-refractivity contribution in [1.29, 1.82) is 0 Å². The van der Waals surface area contributed by atoms with E-state index in [1.165, 1.54) is 18.3 Å². The molecule has 0 fully saturated rings. The van der Waals surface area contributed by atoms with Crippen LogP contribution in [0.5, 0.6) is 11.5 Å². The molecule has 3 aromatic rings. The lowest BCUT2D eigenvalue weighted by molar-refractivity contribution is -0.384. The van der Waals surface area contributed by atoms with Crippen LogP contribution in [0.4, 0.5) is 11.4 Å². The van der Waals surface area contributed by atoms with E-state index in [-0.39, 0.29) is 37.0 Å². The zero-order chi connectivity index (χ0) is 26.6. The number of carbonyl (C=O) groups excluding carboxylic acids is 2. The van der Waals surface area contributed by atoms with E-state index >= 15 is 0 Å². The Labute approximate surface area is 214 Å². The smallest absolute Gasteiger partial charge is 0.269 e. The fourth-order valence-electron chi connectivity index (χ4n) is 3.19. The normalized spacial score (nSPS) is 10.6. The highest BCUT2D eigenvalue weighted by Gasteiger charge is 2.09. The molecule has 0 heterocycles. The fourth-order valence-corrected chi connectivity index (χ4v) is 3.19. The number of non-ortho nitro benzene ring substituents is 1. The molecule has 0 aliphatic rings. The van der Waals surface area contributed by atoms with Crippen LogP contribution in [-0.4, -0.2) is 29.6 Å². The van der Waals surface area contributed by atoms with Gasteiger partial charge in [-0.05, 0) is 67.4 Å². The SMILES string of the molecule is CCOc1cc(C=NNC(=O)CCC(=O)Nc2ccc(C)cc2)ccc1OCc1ccc([N+](=O)[O-])cc1. The molecule has 10 heteroatoms. The van der Waals surface area contributed by atoms with Crippen molar-refractivity contribution in [2.75, 3.05) is 11.9 Å². The molecule has 0 radical (unpaired) electrons. The Bertz CT molecular complexity index is 1260. The predicted octanol–water partition coefficient (Wildman–Crippen LogP) is 4.75. The highest BCUT2D eigenvalue weighted by atomic mass is 16.6. The first-order valence-corrected chi connectivity index (χ1v) is 11.7. The second-order valence-electron chi connectivity index (χ2n) is 8.06. The minimum Gasteiger partial charge on any atom is -0.490 e. The molecule has 0 aromatic heterocycles. The number of nitrogens with zero attached hydrogens (tertiary/aromatic N) is 2. The lowest BCUT2D eigenvalue weighted by atomic mass is 10.2. The molecule has 192 valence electrons. The minimum absolute atomic E-state index is 0.00531. The summed E-state index contributed by atoms with van der Waals surface area (Å²) < 4.78 is 11.5. The number of rotatable bonds is 12. The van der Waals surface area contributed by atoms with Crippen molar-refractivity contribution in [2.45, 2.75) is 33.3 Å². The molecule has 0 saturated carbocycles. The van der Waals surface area contributed by atoms with Gasteiger partial charge >= 0.3 is 0 Å². The van der Waals surface area contributed by atoms with Gasteiger partial charge in [-0.25, -0.2) is 5.43 Å². The summed E-state index contributed by atoms with van der Waals surface area (Å²) in [6, 6.07) is 18.7. The van der Waals surface area contributed by atoms with Gasteiger partial charge in [0.05, 0.1) is 17.7 Å². The van der Waals surface area contributed by atoms with Gasteiger partial charge in [0.1, 0.15) is 6.61 Å². The van der Waals surface area contributed by atoms with Crippen molar-refractivity contribution in [3.63, 3.8) is 0 Å². The summed E-state index contributed by atoms with van der Waals surface area (Å²) in [5.74, 6) is 0.352. The van der Waals surface area contributed by atoms with Crippen molar-refractivity contribution in [2.24, 2.45) is 5.10 Å². The van der Waals surface area contributed by atoms with Crippen molar-refractivity contribution < 1.29 is 24.0 Å². The molecule has 37 heavy (non-hydrogen) atoms. The number of hydrogen-bond donors (Lipinski definition) is 2. The molecule has 0 aliphatic heterocycles. The van der Waals surface area contributed by atoms with Gasteiger partial charge in [0.25, 0.3) is 5.69 Å². The second-order valence-corrected chi connectivity index (χ2v) is 8.06. The van der Waals surface area contributed by atoms with Crippen molar-refractivity contribution in [1.82, 2.24) is 5.43 Å². The summed E-state index contributed by atoms with van der Waals surface area (Å²) in [4.78, 5) is 34.4. The van der Waals surface area contributed by atoms with E-state index in [9.17, 15) is 19.7 Å². The predicted molar refractivity (Wildman–Crippen MR) is 140 cm³/mol. The van der Waals surface area contributed by atoms with E-state index in [0.717, 1.165) is 11.1 Å². The third kappa shape index (κ3) is 8.77. The van der Waals surface area contributed by atoms with Gasteiger partial charge in [0, 0.05) is 30.7 Å². The number of nitro benzene ring substituents is 1. The van der Waals surface area contributed by atoms with Gasteiger partial charge in [-0.3, -0.25) is 19.7 Å². The number of anilines is 1. The van der Waals surface area contributed by atoms with Gasteiger partial charge in [0.15, 0.2) is 11.5 Å². The van der Waals surface area contributed by atoms with Crippen LogP contribution in [0.25, 0.3) is 0 Å². The summed E-state index contributed by atoms with van der Waals surface area (Å²) in [5.41, 5.74) is 5.64. The first kappa shape index (κ1) is 26.9. The lowest BCUT2D eigenvalue weighted by Gasteiger charge is -2.12. The van der Waals surface area contributed by atoms with E-state index in [0.29, 0.717) is 29.4 Å². The number of benzene rings is 3. The fraction of sp³-hybridized carbons (Fsp3) is 0.222. The second kappa shape index (κ2) is 13.4. The average molecular weight is 505 g/mol. The van der Waals surface area contributed by atoms with Gasteiger partial charge < -0.3 is 14.8 Å². The number of ether oxygens (including phenoxy) is 2. The molecule has 2 N–H and O–H groups in total. The third-order valence-electron chi connectivity index (χ3n) is 5.13. The molecule has 2 amide bonds. The number of hydrazone groups is 1. The molecule has 0 aliphatic carbocycles. The third-order valence-corrected chi connectivity index (χ3v) is 5.13. The Kier molecular flexibility index (Phi) is 9.72. The van der Waals surface area contributed by atoms with Crippen LogP contribution in [-0.2, 0) is 16.2 Å². The Morgan fingerprint density at radius 1 is 0.946 bits per heavy atom. The van der Waals surface area contributed by atoms with Gasteiger partial charge in [-0.2, -0.15) is 5.10 Å². The van der Waals surface area contributed by atoms with Gasteiger partial charge in [-0.15, -0.1) is 0 Å². The summed E-state index contributed by atoms with van der Waals surface area (Å²) in [7, 11) is 0. The molecule has 0 spiro atoms. The maximum absolute atomic E-state index is 12.0. The molecular formula is C27H28N4O6. The summed E-state index contributed by atoms with van der Waals surface area (Å²) in [6.07, 6.45) is 1.49. The zero-order valence-corrected chi connectivity index (χ0v) is 20.6. The first-order valence-electron chi connectivity index (χ1n) is 11.7. The Morgan fingerprint density at radius 2 is 1.65 bits per heavy atom. The number of hydrogen-bond acceptors (Lipinski definition) is 7. The quantitative estimate of drug-likeness (QED) is 0.208. The van der Waals surface area contributed by atoms with Crippen molar-refractivity contribution in [3.8, 4) is 11.5 Å². The highest BCUT2D eigenvalue weighted by molar-refractivity contribution is 5.93. The number of nitro groups is 1. The average Bonchev–Trinajstić information content (AvgIpc) is 2.89. The molecule has 0 atom stereocenters. The largest absolute Gasteiger partial charge is 0.490 e. The van der Waals surface area contributed by atoms with Crippen LogP contribution in [0.15, 0.2) is 71.8 Å². The van der Waals surface area contributed by atoms with Crippen LogP contribution in [0, 0.1) is 17.0 Å². The molecule has 0 saturated heterocycles.